The first-order chi connectivity index (χ1) is 14.7. The van der Waals surface area contributed by atoms with Gasteiger partial charge in [-0.25, -0.2) is 9.97 Å². The normalized spacial score (nSPS) is 15.0. The van der Waals surface area contributed by atoms with Gasteiger partial charge in [-0.2, -0.15) is 0 Å². The van der Waals surface area contributed by atoms with E-state index in [2.05, 4.69) is 49.4 Å². The minimum absolute atomic E-state index is 0.0396. The molecular formula is C24H27N5O. The van der Waals surface area contributed by atoms with E-state index >= 15 is 0 Å². The Labute approximate surface area is 177 Å². The summed E-state index contributed by atoms with van der Waals surface area (Å²) in [5.74, 6) is 1.16. The van der Waals surface area contributed by atoms with Crippen molar-refractivity contribution in [2.45, 2.75) is 19.3 Å². The summed E-state index contributed by atoms with van der Waals surface area (Å²) >= 11 is 0. The van der Waals surface area contributed by atoms with Crippen LogP contribution < -0.4 is 15.1 Å². The molecule has 0 saturated carbocycles. The van der Waals surface area contributed by atoms with Gasteiger partial charge in [0.25, 0.3) is 0 Å². The van der Waals surface area contributed by atoms with Crippen molar-refractivity contribution in [1.29, 1.82) is 0 Å². The standard InChI is InChI=1S/C24H27N5O/c1-2-21(19-9-5-3-6-10-19)24(30)27-22-17-23(26-18-25-22)29-15-13-28(14-16-29)20-11-7-4-8-12-20/h3-12,17-18,21H,2,13-16H2,1H3,(H,25,26,27,30). The maximum Gasteiger partial charge on any atom is 0.233 e. The van der Waals surface area contributed by atoms with Gasteiger partial charge in [0.1, 0.15) is 18.0 Å². The van der Waals surface area contributed by atoms with Crippen molar-refractivity contribution in [1.82, 2.24) is 9.97 Å². The fourth-order valence-electron chi connectivity index (χ4n) is 3.89. The average molecular weight is 402 g/mol. The third-order valence-electron chi connectivity index (χ3n) is 5.56. The number of hydrogen-bond acceptors (Lipinski definition) is 5. The number of rotatable bonds is 6. The number of anilines is 3. The summed E-state index contributed by atoms with van der Waals surface area (Å²) in [6.07, 6.45) is 2.26. The molecule has 1 fully saturated rings. The molecule has 6 heteroatoms. The van der Waals surface area contributed by atoms with Gasteiger partial charge in [0.2, 0.25) is 5.91 Å². The van der Waals surface area contributed by atoms with Crippen molar-refractivity contribution < 1.29 is 4.79 Å². The zero-order chi connectivity index (χ0) is 20.8. The molecule has 2 heterocycles. The molecule has 1 aromatic heterocycles. The topological polar surface area (TPSA) is 61.4 Å². The van der Waals surface area contributed by atoms with E-state index in [9.17, 15) is 4.79 Å². The van der Waals surface area contributed by atoms with Crippen LogP contribution in [0.15, 0.2) is 73.1 Å². The SMILES string of the molecule is CCC(C(=O)Nc1cc(N2CCN(c3ccccc3)CC2)ncn1)c1ccccc1. The maximum absolute atomic E-state index is 12.8. The van der Waals surface area contributed by atoms with Gasteiger partial charge in [-0.15, -0.1) is 0 Å². The number of amides is 1. The Kier molecular flexibility index (Phi) is 6.23. The van der Waals surface area contributed by atoms with E-state index in [1.807, 2.05) is 49.4 Å². The second-order valence-electron chi connectivity index (χ2n) is 7.43. The summed E-state index contributed by atoms with van der Waals surface area (Å²) in [6, 6.07) is 22.2. The Morgan fingerprint density at radius 2 is 1.57 bits per heavy atom. The number of hydrogen-bond donors (Lipinski definition) is 1. The van der Waals surface area contributed by atoms with Crippen LogP contribution in [0.1, 0.15) is 24.8 Å². The quantitative estimate of drug-likeness (QED) is 0.678. The second-order valence-corrected chi connectivity index (χ2v) is 7.43. The zero-order valence-electron chi connectivity index (χ0n) is 17.2. The van der Waals surface area contributed by atoms with Gasteiger partial charge in [-0.3, -0.25) is 4.79 Å². The van der Waals surface area contributed by atoms with Crippen LogP contribution in [0, 0.1) is 0 Å². The lowest BCUT2D eigenvalue weighted by Gasteiger charge is -2.36. The van der Waals surface area contributed by atoms with Gasteiger partial charge >= 0.3 is 0 Å². The molecule has 0 radical (unpaired) electrons. The summed E-state index contributed by atoms with van der Waals surface area (Å²) in [6.45, 7) is 5.64. The molecule has 2 aromatic carbocycles. The highest BCUT2D eigenvalue weighted by Crippen LogP contribution is 2.23. The molecular weight excluding hydrogens is 374 g/mol. The van der Waals surface area contributed by atoms with Crippen LogP contribution >= 0.6 is 0 Å². The van der Waals surface area contributed by atoms with Crippen molar-refractivity contribution >= 4 is 23.2 Å². The number of piperazine rings is 1. The lowest BCUT2D eigenvalue weighted by Crippen LogP contribution is -2.46. The number of carbonyl (C=O) groups excluding carboxylic acids is 1. The van der Waals surface area contributed by atoms with E-state index in [-0.39, 0.29) is 11.8 Å². The summed E-state index contributed by atoms with van der Waals surface area (Å²) in [5.41, 5.74) is 2.27. The molecule has 0 spiro atoms. The van der Waals surface area contributed by atoms with Crippen molar-refractivity contribution in [2.75, 3.05) is 41.3 Å². The van der Waals surface area contributed by atoms with Gasteiger partial charge in [0.05, 0.1) is 5.92 Å². The molecule has 1 aliphatic heterocycles. The van der Waals surface area contributed by atoms with Crippen LogP contribution in [-0.4, -0.2) is 42.1 Å². The van der Waals surface area contributed by atoms with Crippen LogP contribution in [0.3, 0.4) is 0 Å². The van der Waals surface area contributed by atoms with Crippen LogP contribution in [0.5, 0.6) is 0 Å². The lowest BCUT2D eigenvalue weighted by molar-refractivity contribution is -0.117. The molecule has 3 aromatic rings. The van der Waals surface area contributed by atoms with Gasteiger partial charge in [0, 0.05) is 37.9 Å². The second kappa shape index (κ2) is 9.39. The molecule has 1 atom stereocenters. The summed E-state index contributed by atoms with van der Waals surface area (Å²) in [4.78, 5) is 26.2. The Bertz CT molecular complexity index is 956. The average Bonchev–Trinajstić information content (AvgIpc) is 2.81. The van der Waals surface area contributed by atoms with Gasteiger partial charge in [-0.1, -0.05) is 55.5 Å². The van der Waals surface area contributed by atoms with Crippen molar-refractivity contribution in [2.24, 2.45) is 0 Å². The predicted octanol–water partition coefficient (Wildman–Crippen LogP) is 3.94. The molecule has 1 unspecified atom stereocenters. The fourth-order valence-corrected chi connectivity index (χ4v) is 3.89. The number of nitrogens with zero attached hydrogens (tertiary/aromatic N) is 4. The van der Waals surface area contributed by atoms with Crippen LogP contribution in [0.25, 0.3) is 0 Å². The Morgan fingerprint density at radius 1 is 0.933 bits per heavy atom. The number of aromatic nitrogens is 2. The minimum atomic E-state index is -0.195. The number of nitrogens with one attached hydrogen (secondary N) is 1. The third-order valence-corrected chi connectivity index (χ3v) is 5.56. The summed E-state index contributed by atoms with van der Waals surface area (Å²) < 4.78 is 0. The van der Waals surface area contributed by atoms with Crippen molar-refractivity contribution in [3.8, 4) is 0 Å². The first-order valence-corrected chi connectivity index (χ1v) is 10.5. The highest BCUT2D eigenvalue weighted by atomic mass is 16.1. The number of carbonyl (C=O) groups is 1. The van der Waals surface area contributed by atoms with E-state index in [0.717, 1.165) is 44.0 Å². The third kappa shape index (κ3) is 4.59. The Morgan fingerprint density at radius 3 is 2.23 bits per heavy atom. The van der Waals surface area contributed by atoms with Gasteiger partial charge in [0.15, 0.2) is 0 Å². The molecule has 1 aliphatic rings. The molecule has 6 nitrogen and oxygen atoms in total. The molecule has 30 heavy (non-hydrogen) atoms. The van der Waals surface area contributed by atoms with Crippen LogP contribution in [0.4, 0.5) is 17.3 Å². The predicted molar refractivity (Wildman–Crippen MR) is 121 cm³/mol. The molecule has 0 aliphatic carbocycles. The molecule has 4 rings (SSSR count). The zero-order valence-corrected chi connectivity index (χ0v) is 17.2. The number of para-hydroxylation sites is 1. The smallest absolute Gasteiger partial charge is 0.233 e. The molecule has 1 saturated heterocycles. The maximum atomic E-state index is 12.8. The summed E-state index contributed by atoms with van der Waals surface area (Å²) in [5, 5.41) is 2.98. The molecule has 0 bridgehead atoms. The number of benzene rings is 2. The molecule has 1 N–H and O–H groups in total. The largest absolute Gasteiger partial charge is 0.368 e. The highest BCUT2D eigenvalue weighted by molar-refractivity contribution is 5.95. The summed E-state index contributed by atoms with van der Waals surface area (Å²) in [7, 11) is 0. The minimum Gasteiger partial charge on any atom is -0.368 e. The van der Waals surface area contributed by atoms with Crippen LogP contribution in [0.2, 0.25) is 0 Å². The van der Waals surface area contributed by atoms with Gasteiger partial charge < -0.3 is 15.1 Å². The molecule has 1 amide bonds. The Balaban J connectivity index is 1.40. The Hall–Kier alpha value is -3.41. The van der Waals surface area contributed by atoms with E-state index in [1.165, 1.54) is 12.0 Å². The van der Waals surface area contributed by atoms with Crippen molar-refractivity contribution in [3.63, 3.8) is 0 Å². The van der Waals surface area contributed by atoms with E-state index < -0.39 is 0 Å². The van der Waals surface area contributed by atoms with Crippen LogP contribution in [-0.2, 0) is 4.79 Å². The fraction of sp³-hybridized carbons (Fsp3) is 0.292. The van der Waals surface area contributed by atoms with Crippen molar-refractivity contribution in [3.05, 3.63) is 78.6 Å². The van der Waals surface area contributed by atoms with E-state index in [1.54, 1.807) is 0 Å². The van der Waals surface area contributed by atoms with E-state index in [4.69, 9.17) is 0 Å². The van der Waals surface area contributed by atoms with E-state index in [0.29, 0.717) is 5.82 Å². The molecule has 154 valence electrons. The monoisotopic (exact) mass is 401 g/mol. The highest BCUT2D eigenvalue weighted by Gasteiger charge is 2.21. The van der Waals surface area contributed by atoms with Gasteiger partial charge in [-0.05, 0) is 24.1 Å². The first kappa shape index (κ1) is 19.9. The lowest BCUT2D eigenvalue weighted by atomic mass is 9.96. The first-order valence-electron chi connectivity index (χ1n) is 10.5.